The minimum absolute atomic E-state index is 0.286. The van der Waals surface area contributed by atoms with Crippen LogP contribution in [0.15, 0.2) is 52.1 Å². The molecule has 4 rings (SSSR count). The Balaban J connectivity index is 1.75. The smallest absolute Gasteiger partial charge is 0.278 e. The van der Waals surface area contributed by atoms with Crippen molar-refractivity contribution in [2.75, 3.05) is 4.90 Å². The summed E-state index contributed by atoms with van der Waals surface area (Å²) < 4.78 is 0.929. The molecule has 126 valence electrons. The van der Waals surface area contributed by atoms with Crippen LogP contribution >= 0.6 is 15.9 Å². The van der Waals surface area contributed by atoms with E-state index in [1.165, 1.54) is 4.90 Å². The van der Waals surface area contributed by atoms with E-state index >= 15 is 0 Å². The van der Waals surface area contributed by atoms with Crippen molar-refractivity contribution in [1.82, 2.24) is 0 Å². The first-order chi connectivity index (χ1) is 12.0. The lowest BCUT2D eigenvalue weighted by Crippen LogP contribution is -2.34. The highest BCUT2D eigenvalue weighted by atomic mass is 79.9. The SMILES string of the molecule is Cc1cccc(C)c1N1C(=O)[C@H]2C(c3ccc(Br)cc3)=NO[C@@H]2C1=O. The second kappa shape index (κ2) is 5.81. The van der Waals surface area contributed by atoms with Gasteiger partial charge in [0, 0.05) is 10.0 Å². The van der Waals surface area contributed by atoms with Crippen LogP contribution in [0.4, 0.5) is 5.69 Å². The molecule has 2 aliphatic rings. The minimum atomic E-state index is -0.884. The monoisotopic (exact) mass is 398 g/mol. The zero-order chi connectivity index (χ0) is 17.7. The summed E-state index contributed by atoms with van der Waals surface area (Å²) in [6.45, 7) is 3.78. The van der Waals surface area contributed by atoms with Crippen molar-refractivity contribution in [3.05, 3.63) is 63.6 Å². The van der Waals surface area contributed by atoms with E-state index in [1.807, 2.05) is 56.3 Å². The number of hydrogen-bond acceptors (Lipinski definition) is 4. The molecule has 0 bridgehead atoms. The summed E-state index contributed by atoms with van der Waals surface area (Å²) in [7, 11) is 0. The molecule has 1 fully saturated rings. The van der Waals surface area contributed by atoms with E-state index in [4.69, 9.17) is 4.84 Å². The molecule has 1 saturated heterocycles. The summed E-state index contributed by atoms with van der Waals surface area (Å²) in [6, 6.07) is 13.1. The van der Waals surface area contributed by atoms with E-state index in [0.29, 0.717) is 11.4 Å². The summed E-state index contributed by atoms with van der Waals surface area (Å²) in [5.41, 5.74) is 3.68. The maximum atomic E-state index is 13.1. The first-order valence-electron chi connectivity index (χ1n) is 7.92. The van der Waals surface area contributed by atoms with Crippen LogP contribution in [-0.2, 0) is 14.4 Å². The Morgan fingerprint density at radius 1 is 1.00 bits per heavy atom. The van der Waals surface area contributed by atoms with Gasteiger partial charge in [0.1, 0.15) is 11.6 Å². The molecule has 5 nitrogen and oxygen atoms in total. The van der Waals surface area contributed by atoms with E-state index in [0.717, 1.165) is 21.2 Å². The highest BCUT2D eigenvalue weighted by molar-refractivity contribution is 9.10. The van der Waals surface area contributed by atoms with Gasteiger partial charge in [-0.05, 0) is 37.1 Å². The summed E-state index contributed by atoms with van der Waals surface area (Å²) in [6.07, 6.45) is -0.884. The van der Waals surface area contributed by atoms with Gasteiger partial charge in [-0.2, -0.15) is 0 Å². The van der Waals surface area contributed by atoms with Gasteiger partial charge in [-0.25, -0.2) is 4.90 Å². The molecule has 2 atom stereocenters. The number of fused-ring (bicyclic) bond motifs is 1. The molecule has 25 heavy (non-hydrogen) atoms. The van der Waals surface area contributed by atoms with E-state index in [1.54, 1.807) is 0 Å². The van der Waals surface area contributed by atoms with Crippen LogP contribution in [0.2, 0.25) is 0 Å². The minimum Gasteiger partial charge on any atom is -0.381 e. The van der Waals surface area contributed by atoms with Crippen LogP contribution in [0.1, 0.15) is 16.7 Å². The Labute approximate surface area is 153 Å². The number of oxime groups is 1. The van der Waals surface area contributed by atoms with Crippen molar-refractivity contribution < 1.29 is 14.4 Å². The highest BCUT2D eigenvalue weighted by Crippen LogP contribution is 2.37. The Morgan fingerprint density at radius 2 is 1.64 bits per heavy atom. The molecule has 2 aromatic rings. The van der Waals surface area contributed by atoms with Crippen LogP contribution in [0.3, 0.4) is 0 Å². The average Bonchev–Trinajstić information content (AvgIpc) is 3.11. The Hall–Kier alpha value is -2.47. The highest BCUT2D eigenvalue weighted by Gasteiger charge is 2.56. The van der Waals surface area contributed by atoms with Gasteiger partial charge in [0.15, 0.2) is 0 Å². The Bertz CT molecular complexity index is 901. The maximum absolute atomic E-state index is 13.1. The second-order valence-electron chi connectivity index (χ2n) is 6.24. The van der Waals surface area contributed by atoms with Crippen LogP contribution in [0.5, 0.6) is 0 Å². The van der Waals surface area contributed by atoms with Crippen LogP contribution in [0.25, 0.3) is 0 Å². The lowest BCUT2D eigenvalue weighted by Gasteiger charge is -2.20. The molecule has 0 saturated carbocycles. The number of rotatable bonds is 2. The van der Waals surface area contributed by atoms with Crippen molar-refractivity contribution in [1.29, 1.82) is 0 Å². The number of carbonyl (C=O) groups is 2. The number of aryl methyl sites for hydroxylation is 2. The van der Waals surface area contributed by atoms with Gasteiger partial charge >= 0.3 is 0 Å². The molecule has 2 amide bonds. The standard InChI is InChI=1S/C19H15BrN2O3/c1-10-4-3-5-11(2)16(10)22-18(23)14-15(21-25-17(14)19(22)24)12-6-8-13(20)9-7-12/h3-9,14,17H,1-2H3/t14-,17-/m0/s1. The average molecular weight is 399 g/mol. The molecule has 0 spiro atoms. The molecule has 0 unspecified atom stereocenters. The Kier molecular flexibility index (Phi) is 3.72. The number of nitrogens with zero attached hydrogens (tertiary/aromatic N) is 2. The van der Waals surface area contributed by atoms with Crippen molar-refractivity contribution in [2.24, 2.45) is 11.1 Å². The van der Waals surface area contributed by atoms with Crippen LogP contribution < -0.4 is 4.90 Å². The van der Waals surface area contributed by atoms with E-state index in [2.05, 4.69) is 21.1 Å². The number of amides is 2. The fourth-order valence-electron chi connectivity index (χ4n) is 3.42. The quantitative estimate of drug-likeness (QED) is 0.728. The molecule has 0 radical (unpaired) electrons. The van der Waals surface area contributed by atoms with Crippen molar-refractivity contribution in [3.8, 4) is 0 Å². The van der Waals surface area contributed by atoms with Gasteiger partial charge in [0.25, 0.3) is 5.91 Å². The number of para-hydroxylation sites is 1. The fraction of sp³-hybridized carbons (Fsp3) is 0.211. The summed E-state index contributed by atoms with van der Waals surface area (Å²) in [5.74, 6) is -1.34. The van der Waals surface area contributed by atoms with E-state index in [-0.39, 0.29) is 11.8 Å². The molecule has 6 heteroatoms. The van der Waals surface area contributed by atoms with Gasteiger partial charge in [0.05, 0.1) is 5.69 Å². The Morgan fingerprint density at radius 3 is 2.28 bits per heavy atom. The number of hydrogen-bond donors (Lipinski definition) is 0. The molecule has 0 N–H and O–H groups in total. The fourth-order valence-corrected chi connectivity index (χ4v) is 3.68. The largest absolute Gasteiger partial charge is 0.381 e. The van der Waals surface area contributed by atoms with Gasteiger partial charge in [0.2, 0.25) is 12.0 Å². The van der Waals surface area contributed by atoms with Crippen LogP contribution in [0, 0.1) is 19.8 Å². The maximum Gasteiger partial charge on any atom is 0.278 e. The van der Waals surface area contributed by atoms with Gasteiger partial charge in [-0.3, -0.25) is 9.59 Å². The third kappa shape index (κ3) is 2.40. The number of imide groups is 1. The van der Waals surface area contributed by atoms with Gasteiger partial charge < -0.3 is 4.84 Å². The molecular formula is C19H15BrN2O3. The first-order valence-corrected chi connectivity index (χ1v) is 8.72. The van der Waals surface area contributed by atoms with Crippen molar-refractivity contribution in [3.63, 3.8) is 0 Å². The lowest BCUT2D eigenvalue weighted by atomic mass is 9.94. The van der Waals surface area contributed by atoms with Gasteiger partial charge in [-0.15, -0.1) is 0 Å². The zero-order valence-corrected chi connectivity index (χ0v) is 15.3. The third-order valence-electron chi connectivity index (χ3n) is 4.62. The van der Waals surface area contributed by atoms with Crippen molar-refractivity contribution in [2.45, 2.75) is 20.0 Å². The van der Waals surface area contributed by atoms with E-state index < -0.39 is 12.0 Å². The molecule has 0 aliphatic carbocycles. The molecule has 2 heterocycles. The number of halogens is 1. The molecule has 2 aromatic carbocycles. The summed E-state index contributed by atoms with van der Waals surface area (Å²) >= 11 is 3.39. The summed E-state index contributed by atoms with van der Waals surface area (Å²) in [4.78, 5) is 32.5. The second-order valence-corrected chi connectivity index (χ2v) is 7.16. The first kappa shape index (κ1) is 16.0. The molecule has 0 aromatic heterocycles. The van der Waals surface area contributed by atoms with Gasteiger partial charge in [-0.1, -0.05) is 51.4 Å². The number of carbonyl (C=O) groups excluding carboxylic acids is 2. The van der Waals surface area contributed by atoms with E-state index in [9.17, 15) is 9.59 Å². The van der Waals surface area contributed by atoms with Crippen molar-refractivity contribution >= 4 is 39.1 Å². The van der Waals surface area contributed by atoms with Crippen LogP contribution in [-0.4, -0.2) is 23.6 Å². The molecular weight excluding hydrogens is 384 g/mol. The predicted molar refractivity (Wildman–Crippen MR) is 97.5 cm³/mol. The predicted octanol–water partition coefficient (Wildman–Crippen LogP) is 3.36. The summed E-state index contributed by atoms with van der Waals surface area (Å²) in [5, 5.41) is 4.03. The number of anilines is 1. The topological polar surface area (TPSA) is 59.0 Å². The molecule has 2 aliphatic heterocycles. The third-order valence-corrected chi connectivity index (χ3v) is 5.14. The lowest BCUT2D eigenvalue weighted by molar-refractivity contribution is -0.126. The zero-order valence-electron chi connectivity index (χ0n) is 13.7. The number of benzene rings is 2. The normalized spacial score (nSPS) is 22.0.